The van der Waals surface area contributed by atoms with E-state index < -0.39 is 5.54 Å². The quantitative estimate of drug-likeness (QED) is 0.751. The first-order chi connectivity index (χ1) is 7.44. The molecule has 0 aromatic rings. The topological polar surface area (TPSA) is 52.3 Å². The van der Waals surface area contributed by atoms with Gasteiger partial charge in [0.25, 0.3) is 0 Å². The van der Waals surface area contributed by atoms with Crippen LogP contribution >= 0.6 is 0 Å². The molecular formula is C13H25NO2. The zero-order valence-electron chi connectivity index (χ0n) is 10.8. The Morgan fingerprint density at radius 3 is 2.31 bits per heavy atom. The molecule has 1 fully saturated rings. The summed E-state index contributed by atoms with van der Waals surface area (Å²) in [6, 6.07) is 0. The SMILES string of the molecule is CC(C)CC(C)OC(=O)C1(N)CCCCC1. The molecule has 1 aliphatic carbocycles. The number of carbonyl (C=O) groups is 1. The smallest absolute Gasteiger partial charge is 0.326 e. The van der Waals surface area contributed by atoms with Gasteiger partial charge in [0.15, 0.2) is 0 Å². The molecule has 0 spiro atoms. The van der Waals surface area contributed by atoms with Crippen molar-refractivity contribution in [2.24, 2.45) is 11.7 Å². The van der Waals surface area contributed by atoms with Crippen LogP contribution in [-0.4, -0.2) is 17.6 Å². The lowest BCUT2D eigenvalue weighted by atomic mass is 9.82. The first kappa shape index (κ1) is 13.5. The average molecular weight is 227 g/mol. The van der Waals surface area contributed by atoms with Gasteiger partial charge in [0.1, 0.15) is 5.54 Å². The van der Waals surface area contributed by atoms with Crippen LogP contribution < -0.4 is 5.73 Å². The van der Waals surface area contributed by atoms with E-state index in [9.17, 15) is 4.79 Å². The number of ether oxygens (including phenoxy) is 1. The molecular weight excluding hydrogens is 202 g/mol. The van der Waals surface area contributed by atoms with Crippen LogP contribution in [0, 0.1) is 5.92 Å². The highest BCUT2D eigenvalue weighted by atomic mass is 16.5. The van der Waals surface area contributed by atoms with E-state index in [-0.39, 0.29) is 12.1 Å². The fraction of sp³-hybridized carbons (Fsp3) is 0.923. The number of hydrogen-bond acceptors (Lipinski definition) is 3. The second-order valence-electron chi connectivity index (χ2n) is 5.56. The fourth-order valence-electron chi connectivity index (χ4n) is 2.40. The van der Waals surface area contributed by atoms with Crippen LogP contribution in [0.25, 0.3) is 0 Å². The van der Waals surface area contributed by atoms with Crippen molar-refractivity contribution in [3.8, 4) is 0 Å². The van der Waals surface area contributed by atoms with Crippen LogP contribution in [0.1, 0.15) is 59.3 Å². The van der Waals surface area contributed by atoms with E-state index in [2.05, 4.69) is 13.8 Å². The largest absolute Gasteiger partial charge is 0.461 e. The third-order valence-electron chi connectivity index (χ3n) is 3.26. The van der Waals surface area contributed by atoms with Crippen molar-refractivity contribution in [1.82, 2.24) is 0 Å². The minimum Gasteiger partial charge on any atom is -0.461 e. The lowest BCUT2D eigenvalue weighted by molar-refractivity contribution is -0.156. The molecule has 0 amide bonds. The maximum Gasteiger partial charge on any atom is 0.326 e. The van der Waals surface area contributed by atoms with Gasteiger partial charge in [0.05, 0.1) is 6.10 Å². The van der Waals surface area contributed by atoms with Gasteiger partial charge in [0.2, 0.25) is 0 Å². The molecule has 0 heterocycles. The van der Waals surface area contributed by atoms with Crippen molar-refractivity contribution in [2.75, 3.05) is 0 Å². The van der Waals surface area contributed by atoms with E-state index in [1.165, 1.54) is 6.42 Å². The van der Waals surface area contributed by atoms with Gasteiger partial charge in [-0.15, -0.1) is 0 Å². The van der Waals surface area contributed by atoms with Gasteiger partial charge in [-0.1, -0.05) is 33.1 Å². The maximum atomic E-state index is 12.0. The summed E-state index contributed by atoms with van der Waals surface area (Å²) in [4.78, 5) is 12.0. The highest BCUT2D eigenvalue weighted by Crippen LogP contribution is 2.27. The van der Waals surface area contributed by atoms with E-state index in [0.717, 1.165) is 32.1 Å². The Kier molecular flexibility index (Phi) is 4.78. The monoisotopic (exact) mass is 227 g/mol. The van der Waals surface area contributed by atoms with Gasteiger partial charge in [-0.25, -0.2) is 0 Å². The first-order valence-electron chi connectivity index (χ1n) is 6.44. The lowest BCUT2D eigenvalue weighted by Gasteiger charge is -2.32. The summed E-state index contributed by atoms with van der Waals surface area (Å²) in [6.07, 6.45) is 5.72. The highest BCUT2D eigenvalue weighted by molar-refractivity contribution is 5.80. The van der Waals surface area contributed by atoms with Crippen LogP contribution in [-0.2, 0) is 9.53 Å². The summed E-state index contributed by atoms with van der Waals surface area (Å²) in [5, 5.41) is 0. The highest BCUT2D eigenvalue weighted by Gasteiger charge is 2.37. The average Bonchev–Trinajstić information content (AvgIpc) is 2.17. The molecule has 0 aromatic heterocycles. The van der Waals surface area contributed by atoms with Crippen LogP contribution in [0.2, 0.25) is 0 Å². The lowest BCUT2D eigenvalue weighted by Crippen LogP contribution is -2.51. The number of carbonyl (C=O) groups excluding carboxylic acids is 1. The summed E-state index contributed by atoms with van der Waals surface area (Å²) in [7, 11) is 0. The molecule has 0 aromatic carbocycles. The van der Waals surface area contributed by atoms with Gasteiger partial charge >= 0.3 is 5.97 Å². The maximum absolute atomic E-state index is 12.0. The number of hydrogen-bond donors (Lipinski definition) is 1. The molecule has 0 bridgehead atoms. The Balaban J connectivity index is 2.44. The molecule has 1 unspecified atom stereocenters. The Labute approximate surface area is 98.7 Å². The predicted octanol–water partition coefficient (Wildman–Crippen LogP) is 2.63. The summed E-state index contributed by atoms with van der Waals surface area (Å²) in [6.45, 7) is 6.20. The van der Waals surface area contributed by atoms with Crippen LogP contribution in [0.4, 0.5) is 0 Å². The van der Waals surface area contributed by atoms with Gasteiger partial charge in [-0.2, -0.15) is 0 Å². The Hall–Kier alpha value is -0.570. The summed E-state index contributed by atoms with van der Waals surface area (Å²) in [5.74, 6) is 0.350. The van der Waals surface area contributed by atoms with Crippen LogP contribution in [0.3, 0.4) is 0 Å². The molecule has 3 heteroatoms. The third-order valence-corrected chi connectivity index (χ3v) is 3.26. The van der Waals surface area contributed by atoms with E-state index in [0.29, 0.717) is 5.92 Å². The Bertz CT molecular complexity index is 232. The Morgan fingerprint density at radius 2 is 1.81 bits per heavy atom. The summed E-state index contributed by atoms with van der Waals surface area (Å²) < 4.78 is 5.44. The van der Waals surface area contributed by atoms with Crippen LogP contribution in [0.15, 0.2) is 0 Å². The first-order valence-corrected chi connectivity index (χ1v) is 6.44. The number of rotatable bonds is 4. The van der Waals surface area contributed by atoms with E-state index in [1.807, 2.05) is 6.92 Å². The molecule has 0 radical (unpaired) electrons. The second kappa shape index (κ2) is 5.67. The number of nitrogens with two attached hydrogens (primary N) is 1. The van der Waals surface area contributed by atoms with Crippen molar-refractivity contribution >= 4 is 5.97 Å². The Morgan fingerprint density at radius 1 is 1.25 bits per heavy atom. The molecule has 2 N–H and O–H groups in total. The zero-order chi connectivity index (χ0) is 12.2. The molecule has 1 saturated carbocycles. The number of esters is 1. The third kappa shape index (κ3) is 3.78. The molecule has 1 aliphatic rings. The van der Waals surface area contributed by atoms with Crippen molar-refractivity contribution in [1.29, 1.82) is 0 Å². The van der Waals surface area contributed by atoms with Crippen LogP contribution in [0.5, 0.6) is 0 Å². The predicted molar refractivity (Wildman–Crippen MR) is 65.0 cm³/mol. The van der Waals surface area contributed by atoms with E-state index in [4.69, 9.17) is 10.5 Å². The molecule has 1 atom stereocenters. The zero-order valence-corrected chi connectivity index (χ0v) is 10.8. The second-order valence-corrected chi connectivity index (χ2v) is 5.56. The molecule has 0 saturated heterocycles. The van der Waals surface area contributed by atoms with Crippen molar-refractivity contribution in [2.45, 2.75) is 70.9 Å². The molecule has 1 rings (SSSR count). The van der Waals surface area contributed by atoms with Gasteiger partial charge in [-0.3, -0.25) is 4.79 Å². The van der Waals surface area contributed by atoms with E-state index in [1.54, 1.807) is 0 Å². The van der Waals surface area contributed by atoms with Crippen molar-refractivity contribution in [3.05, 3.63) is 0 Å². The fourth-order valence-corrected chi connectivity index (χ4v) is 2.40. The molecule has 16 heavy (non-hydrogen) atoms. The van der Waals surface area contributed by atoms with Crippen molar-refractivity contribution in [3.63, 3.8) is 0 Å². The molecule has 3 nitrogen and oxygen atoms in total. The normalized spacial score (nSPS) is 21.8. The van der Waals surface area contributed by atoms with Crippen molar-refractivity contribution < 1.29 is 9.53 Å². The van der Waals surface area contributed by atoms with Gasteiger partial charge < -0.3 is 10.5 Å². The minimum absolute atomic E-state index is 0.0187. The standard InChI is InChI=1S/C13H25NO2/c1-10(2)9-11(3)16-12(15)13(14)7-5-4-6-8-13/h10-11H,4-9,14H2,1-3H3. The van der Waals surface area contributed by atoms with E-state index >= 15 is 0 Å². The minimum atomic E-state index is -0.705. The molecule has 0 aliphatic heterocycles. The summed E-state index contributed by atoms with van der Waals surface area (Å²) in [5.41, 5.74) is 5.40. The van der Waals surface area contributed by atoms with Gasteiger partial charge in [0, 0.05) is 0 Å². The van der Waals surface area contributed by atoms with Gasteiger partial charge in [-0.05, 0) is 32.1 Å². The molecule has 94 valence electrons. The summed E-state index contributed by atoms with van der Waals surface area (Å²) >= 11 is 0.